The number of rotatable bonds is 8. The standard InChI is InChI=1S/C11H16F6O2/c1-2-3-4-5-6-7-8(18)19-11(16,17)9(12)10(13,14)15/h9H,2-7H2,1H3. The molecule has 2 nitrogen and oxygen atoms in total. The Morgan fingerprint density at radius 3 is 2.05 bits per heavy atom. The number of carbonyl (C=O) groups is 1. The fourth-order valence-electron chi connectivity index (χ4n) is 1.32. The summed E-state index contributed by atoms with van der Waals surface area (Å²) >= 11 is 0. The molecule has 8 heteroatoms. The molecule has 0 aliphatic rings. The van der Waals surface area contributed by atoms with Gasteiger partial charge in [-0.1, -0.05) is 32.6 Å². The fourth-order valence-corrected chi connectivity index (χ4v) is 1.32. The first kappa shape index (κ1) is 18.0. The molecule has 0 aromatic rings. The van der Waals surface area contributed by atoms with Crippen LogP contribution in [-0.2, 0) is 9.53 Å². The highest BCUT2D eigenvalue weighted by Crippen LogP contribution is 2.35. The third-order valence-corrected chi connectivity index (χ3v) is 2.32. The summed E-state index contributed by atoms with van der Waals surface area (Å²) in [5.74, 6) is -1.53. The van der Waals surface area contributed by atoms with Crippen molar-refractivity contribution in [2.45, 2.75) is 63.9 Å². The molecule has 0 rings (SSSR count). The van der Waals surface area contributed by atoms with E-state index in [1.165, 1.54) is 0 Å². The van der Waals surface area contributed by atoms with Gasteiger partial charge in [-0.05, 0) is 6.42 Å². The Hall–Kier alpha value is -0.950. The van der Waals surface area contributed by atoms with Crippen molar-refractivity contribution in [2.24, 2.45) is 0 Å². The number of hydrogen-bond acceptors (Lipinski definition) is 2. The summed E-state index contributed by atoms with van der Waals surface area (Å²) in [4.78, 5) is 10.9. The van der Waals surface area contributed by atoms with Crippen LogP contribution < -0.4 is 0 Å². The van der Waals surface area contributed by atoms with Crippen molar-refractivity contribution in [3.05, 3.63) is 0 Å². The Labute approximate surface area is 107 Å². The van der Waals surface area contributed by atoms with Crippen LogP contribution in [0.15, 0.2) is 0 Å². The maximum atomic E-state index is 12.7. The SMILES string of the molecule is CCCCCCCC(=O)OC(F)(F)C(F)C(F)(F)F. The molecule has 0 saturated carbocycles. The average molecular weight is 294 g/mol. The van der Waals surface area contributed by atoms with E-state index in [-0.39, 0.29) is 6.42 Å². The summed E-state index contributed by atoms with van der Waals surface area (Å²) < 4.78 is 76.2. The van der Waals surface area contributed by atoms with Crippen molar-refractivity contribution >= 4 is 5.97 Å². The quantitative estimate of drug-likeness (QED) is 0.377. The van der Waals surface area contributed by atoms with E-state index in [4.69, 9.17) is 0 Å². The van der Waals surface area contributed by atoms with Crippen LogP contribution in [-0.4, -0.2) is 24.4 Å². The number of alkyl halides is 6. The van der Waals surface area contributed by atoms with Gasteiger partial charge in [0.15, 0.2) is 0 Å². The minimum absolute atomic E-state index is 0.220. The lowest BCUT2D eigenvalue weighted by Gasteiger charge is -2.21. The van der Waals surface area contributed by atoms with Crippen molar-refractivity contribution in [1.29, 1.82) is 0 Å². The van der Waals surface area contributed by atoms with Crippen molar-refractivity contribution in [3.8, 4) is 0 Å². The first-order valence-electron chi connectivity index (χ1n) is 5.91. The van der Waals surface area contributed by atoms with Gasteiger partial charge in [-0.25, -0.2) is 4.39 Å². The van der Waals surface area contributed by atoms with Crippen LogP contribution in [0.1, 0.15) is 45.4 Å². The fraction of sp³-hybridized carbons (Fsp3) is 0.909. The lowest BCUT2D eigenvalue weighted by atomic mass is 10.1. The maximum absolute atomic E-state index is 12.7. The van der Waals surface area contributed by atoms with E-state index in [9.17, 15) is 31.1 Å². The van der Waals surface area contributed by atoms with Crippen LogP contribution in [0.3, 0.4) is 0 Å². The summed E-state index contributed by atoms with van der Waals surface area (Å²) in [6, 6.07) is 0. The minimum atomic E-state index is -5.77. The highest BCUT2D eigenvalue weighted by molar-refractivity contribution is 5.69. The van der Waals surface area contributed by atoms with Gasteiger partial charge >= 0.3 is 18.3 Å². The van der Waals surface area contributed by atoms with Crippen molar-refractivity contribution in [1.82, 2.24) is 0 Å². The molecule has 0 aliphatic heterocycles. The predicted octanol–water partition coefficient (Wildman–Crippen LogP) is 4.38. The molecule has 1 unspecified atom stereocenters. The normalized spacial score (nSPS) is 14.3. The Balaban J connectivity index is 4.10. The van der Waals surface area contributed by atoms with E-state index in [0.29, 0.717) is 6.42 Å². The van der Waals surface area contributed by atoms with E-state index in [0.717, 1.165) is 19.3 Å². The second kappa shape index (κ2) is 7.59. The van der Waals surface area contributed by atoms with Crippen molar-refractivity contribution in [3.63, 3.8) is 0 Å². The molecule has 0 spiro atoms. The van der Waals surface area contributed by atoms with Gasteiger partial charge in [0.2, 0.25) is 0 Å². The lowest BCUT2D eigenvalue weighted by molar-refractivity contribution is -0.322. The largest absolute Gasteiger partial charge is 0.441 e. The summed E-state index contributed by atoms with van der Waals surface area (Å²) in [5, 5.41) is 0. The zero-order valence-electron chi connectivity index (χ0n) is 10.4. The van der Waals surface area contributed by atoms with Crippen LogP contribution in [0.4, 0.5) is 26.3 Å². The molecule has 0 fully saturated rings. The number of halogens is 6. The predicted molar refractivity (Wildman–Crippen MR) is 55.4 cm³/mol. The van der Waals surface area contributed by atoms with Crippen molar-refractivity contribution < 1.29 is 35.9 Å². The molecular formula is C11H16F6O2. The summed E-state index contributed by atoms with van der Waals surface area (Å²) in [6.45, 7) is 1.95. The third-order valence-electron chi connectivity index (χ3n) is 2.32. The molecule has 0 heterocycles. The van der Waals surface area contributed by atoms with E-state index >= 15 is 0 Å². The Morgan fingerprint density at radius 1 is 1.05 bits per heavy atom. The summed E-state index contributed by atoms with van der Waals surface area (Å²) in [5.41, 5.74) is 0. The zero-order chi connectivity index (χ0) is 15.1. The highest BCUT2D eigenvalue weighted by Gasteiger charge is 2.59. The second-order valence-electron chi connectivity index (χ2n) is 4.10. The van der Waals surface area contributed by atoms with Gasteiger partial charge in [0.25, 0.3) is 6.17 Å². The van der Waals surface area contributed by atoms with Gasteiger partial charge < -0.3 is 4.74 Å². The molecule has 0 aromatic carbocycles. The van der Waals surface area contributed by atoms with Crippen LogP contribution in [0, 0.1) is 0 Å². The first-order chi connectivity index (χ1) is 8.61. The van der Waals surface area contributed by atoms with Crippen LogP contribution in [0.2, 0.25) is 0 Å². The Kier molecular flexibility index (Phi) is 7.21. The highest BCUT2D eigenvalue weighted by atomic mass is 19.4. The molecule has 1 atom stereocenters. The second-order valence-corrected chi connectivity index (χ2v) is 4.10. The summed E-state index contributed by atoms with van der Waals surface area (Å²) in [6.07, 6.45) is -12.5. The Morgan fingerprint density at radius 2 is 1.58 bits per heavy atom. The lowest BCUT2D eigenvalue weighted by Crippen LogP contribution is -2.44. The minimum Gasteiger partial charge on any atom is -0.398 e. The van der Waals surface area contributed by atoms with Gasteiger partial charge in [0, 0.05) is 6.42 Å². The van der Waals surface area contributed by atoms with Gasteiger partial charge in [-0.3, -0.25) is 4.79 Å². The van der Waals surface area contributed by atoms with Crippen LogP contribution in [0.25, 0.3) is 0 Å². The molecule has 0 bridgehead atoms. The van der Waals surface area contributed by atoms with E-state index < -0.39 is 30.8 Å². The topological polar surface area (TPSA) is 26.3 Å². The van der Waals surface area contributed by atoms with Crippen LogP contribution >= 0.6 is 0 Å². The van der Waals surface area contributed by atoms with E-state index in [1.54, 1.807) is 0 Å². The number of esters is 1. The molecule has 0 amide bonds. The Bertz CT molecular complexity index is 277. The van der Waals surface area contributed by atoms with E-state index in [2.05, 4.69) is 4.74 Å². The van der Waals surface area contributed by atoms with Gasteiger partial charge in [-0.15, -0.1) is 0 Å². The third kappa shape index (κ3) is 7.27. The molecule has 0 N–H and O–H groups in total. The number of hydrogen-bond donors (Lipinski definition) is 0. The zero-order valence-corrected chi connectivity index (χ0v) is 10.4. The smallest absolute Gasteiger partial charge is 0.398 e. The molecule has 0 aliphatic carbocycles. The van der Waals surface area contributed by atoms with E-state index in [1.807, 2.05) is 6.92 Å². The molecular weight excluding hydrogens is 278 g/mol. The molecule has 0 saturated heterocycles. The molecule has 19 heavy (non-hydrogen) atoms. The van der Waals surface area contributed by atoms with Gasteiger partial charge in [-0.2, -0.15) is 22.0 Å². The van der Waals surface area contributed by atoms with Gasteiger partial charge in [0.1, 0.15) is 0 Å². The number of unbranched alkanes of at least 4 members (excludes halogenated alkanes) is 4. The average Bonchev–Trinajstić information content (AvgIpc) is 2.26. The molecule has 0 radical (unpaired) electrons. The number of carbonyl (C=O) groups excluding carboxylic acids is 1. The van der Waals surface area contributed by atoms with Crippen LogP contribution in [0.5, 0.6) is 0 Å². The first-order valence-corrected chi connectivity index (χ1v) is 5.91. The molecule has 114 valence electrons. The monoisotopic (exact) mass is 294 g/mol. The number of ether oxygens (including phenoxy) is 1. The van der Waals surface area contributed by atoms with Crippen molar-refractivity contribution in [2.75, 3.05) is 0 Å². The van der Waals surface area contributed by atoms with Gasteiger partial charge in [0.05, 0.1) is 0 Å². The molecule has 0 aromatic heterocycles. The summed E-state index contributed by atoms with van der Waals surface area (Å²) in [7, 11) is 0. The maximum Gasteiger partial charge on any atom is 0.441 e.